The number of rotatable bonds is 13. The van der Waals surface area contributed by atoms with Gasteiger partial charge in [-0.15, -0.1) is 0 Å². The Hall–Kier alpha value is -1.90. The molecule has 0 amide bonds. The summed E-state index contributed by atoms with van der Waals surface area (Å²) in [5.74, 6) is 3.79. The number of aryl methyl sites for hydroxylation is 2. The first kappa shape index (κ1) is 29.1. The number of unbranched alkanes of at least 4 members (excludes halogenated alkanes) is 2. The van der Waals surface area contributed by atoms with Gasteiger partial charge in [0.05, 0.1) is 0 Å². The second kappa shape index (κ2) is 15.0. The van der Waals surface area contributed by atoms with Crippen LogP contribution in [-0.2, 0) is 6.42 Å². The highest BCUT2D eigenvalue weighted by Gasteiger charge is 2.31. The van der Waals surface area contributed by atoms with Gasteiger partial charge in [0.15, 0.2) is 0 Å². The molecule has 2 nitrogen and oxygen atoms in total. The van der Waals surface area contributed by atoms with Crippen LogP contribution in [0.15, 0.2) is 55.1 Å². The van der Waals surface area contributed by atoms with Crippen molar-refractivity contribution in [2.75, 3.05) is 6.54 Å². The lowest BCUT2D eigenvalue weighted by Gasteiger charge is -2.38. The van der Waals surface area contributed by atoms with Crippen molar-refractivity contribution >= 4 is 0 Å². The summed E-state index contributed by atoms with van der Waals surface area (Å²) < 4.78 is 0. The fraction of sp³-hybridized carbons (Fsp3) is 0.611. The van der Waals surface area contributed by atoms with E-state index in [1.165, 1.54) is 105 Å². The summed E-state index contributed by atoms with van der Waals surface area (Å²) >= 11 is 0. The molecule has 0 heterocycles. The molecule has 4 rings (SSSR count). The van der Waals surface area contributed by atoms with Crippen molar-refractivity contribution in [1.82, 2.24) is 5.32 Å². The zero-order valence-electron chi connectivity index (χ0n) is 24.3. The molecule has 2 aliphatic rings. The Morgan fingerprint density at radius 2 is 1.58 bits per heavy atom. The second-order valence-corrected chi connectivity index (χ2v) is 12.4. The Labute approximate surface area is 233 Å². The summed E-state index contributed by atoms with van der Waals surface area (Å²) in [6.45, 7) is 8.94. The molecule has 38 heavy (non-hydrogen) atoms. The van der Waals surface area contributed by atoms with Crippen molar-refractivity contribution in [3.63, 3.8) is 0 Å². The lowest BCUT2D eigenvalue weighted by Crippen LogP contribution is -2.27. The van der Waals surface area contributed by atoms with Crippen molar-refractivity contribution < 1.29 is 5.11 Å². The lowest BCUT2D eigenvalue weighted by molar-refractivity contribution is 0.155. The molecule has 1 unspecified atom stereocenters. The van der Waals surface area contributed by atoms with Crippen molar-refractivity contribution in [3.8, 4) is 11.1 Å². The number of benzene rings is 2. The van der Waals surface area contributed by atoms with Gasteiger partial charge in [-0.1, -0.05) is 94.5 Å². The van der Waals surface area contributed by atoms with Gasteiger partial charge in [0.1, 0.15) is 6.23 Å². The fourth-order valence-electron chi connectivity index (χ4n) is 7.32. The van der Waals surface area contributed by atoms with Gasteiger partial charge >= 0.3 is 0 Å². The van der Waals surface area contributed by atoms with Crippen LogP contribution < -0.4 is 5.32 Å². The quantitative estimate of drug-likeness (QED) is 0.158. The summed E-state index contributed by atoms with van der Waals surface area (Å²) in [4.78, 5) is 0. The monoisotopic (exact) mass is 515 g/mol. The molecular weight excluding hydrogens is 462 g/mol. The van der Waals surface area contributed by atoms with E-state index < -0.39 is 6.23 Å². The highest BCUT2D eigenvalue weighted by atomic mass is 16.3. The molecule has 2 aromatic rings. The van der Waals surface area contributed by atoms with Crippen molar-refractivity contribution in [3.05, 3.63) is 71.8 Å². The predicted octanol–water partition coefficient (Wildman–Crippen LogP) is 9.35. The van der Waals surface area contributed by atoms with Gasteiger partial charge in [-0.05, 0) is 122 Å². The third-order valence-electron chi connectivity index (χ3n) is 9.75. The first-order valence-corrected chi connectivity index (χ1v) is 15.8. The van der Waals surface area contributed by atoms with Crippen LogP contribution in [0.3, 0.4) is 0 Å². The minimum Gasteiger partial charge on any atom is -0.375 e. The van der Waals surface area contributed by atoms with Crippen LogP contribution in [0.25, 0.3) is 11.1 Å². The van der Waals surface area contributed by atoms with Crippen LogP contribution in [0, 0.1) is 24.7 Å². The molecule has 0 saturated heterocycles. The van der Waals surface area contributed by atoms with Crippen LogP contribution in [0.5, 0.6) is 0 Å². The smallest absolute Gasteiger partial charge is 0.123 e. The second-order valence-electron chi connectivity index (χ2n) is 12.4. The minimum absolute atomic E-state index is 0.609. The highest BCUT2D eigenvalue weighted by Crippen LogP contribution is 2.44. The lowest BCUT2D eigenvalue weighted by atomic mass is 9.68. The molecule has 0 aliphatic heterocycles. The molecule has 0 bridgehead atoms. The van der Waals surface area contributed by atoms with Crippen LogP contribution in [0.2, 0.25) is 0 Å². The van der Waals surface area contributed by atoms with E-state index in [0.717, 1.165) is 43.1 Å². The van der Waals surface area contributed by atoms with Crippen LogP contribution >= 0.6 is 0 Å². The molecular formula is C36H53NO. The molecule has 0 aromatic heterocycles. The average Bonchev–Trinajstić information content (AvgIpc) is 2.96. The SMILES string of the molecule is C=CC(O)NCCCc1ccc(-c2ccc(C3CCC(C4CCC(CCCCC)CC4)CC3)cc2)c(C)c1. The first-order chi connectivity index (χ1) is 18.6. The van der Waals surface area contributed by atoms with Crippen LogP contribution in [0.4, 0.5) is 0 Å². The Bertz CT molecular complexity index is 963. The molecule has 0 radical (unpaired) electrons. The first-order valence-electron chi connectivity index (χ1n) is 15.8. The molecule has 2 N–H and O–H groups in total. The fourth-order valence-corrected chi connectivity index (χ4v) is 7.32. The van der Waals surface area contributed by atoms with Crippen molar-refractivity contribution in [1.29, 1.82) is 0 Å². The van der Waals surface area contributed by atoms with E-state index in [-0.39, 0.29) is 0 Å². The molecule has 2 aromatic carbocycles. The largest absolute Gasteiger partial charge is 0.375 e. The van der Waals surface area contributed by atoms with Gasteiger partial charge in [-0.25, -0.2) is 0 Å². The Balaban J connectivity index is 1.23. The highest BCUT2D eigenvalue weighted by molar-refractivity contribution is 5.68. The molecule has 208 valence electrons. The number of aliphatic hydroxyl groups is 1. The van der Waals surface area contributed by atoms with E-state index in [1.54, 1.807) is 5.56 Å². The topological polar surface area (TPSA) is 32.3 Å². The standard InChI is InChI=1S/C36H53NO/c1-4-6-7-9-28-11-14-30(15-12-28)31-16-18-32(19-17-31)33-20-22-34(23-21-33)35-24-13-29(26-27(35)3)10-8-25-37-36(38)5-2/h5,13,20-24,26,28,30-32,36-38H,2,4,6-12,14-19,25H2,1,3H3. The number of aliphatic hydroxyl groups excluding tert-OH is 1. The van der Waals surface area contributed by atoms with E-state index in [4.69, 9.17) is 0 Å². The Morgan fingerprint density at radius 3 is 2.21 bits per heavy atom. The number of nitrogens with one attached hydrogen (secondary N) is 1. The summed E-state index contributed by atoms with van der Waals surface area (Å²) in [6.07, 6.45) is 20.4. The molecule has 2 aliphatic carbocycles. The third-order valence-corrected chi connectivity index (χ3v) is 9.75. The van der Waals surface area contributed by atoms with Gasteiger partial charge < -0.3 is 5.11 Å². The zero-order chi connectivity index (χ0) is 26.7. The molecule has 1 atom stereocenters. The van der Waals surface area contributed by atoms with Crippen LogP contribution in [-0.4, -0.2) is 17.9 Å². The average molecular weight is 516 g/mol. The van der Waals surface area contributed by atoms with E-state index in [2.05, 4.69) is 68.2 Å². The summed E-state index contributed by atoms with van der Waals surface area (Å²) in [5.41, 5.74) is 6.93. The third kappa shape index (κ3) is 8.30. The summed E-state index contributed by atoms with van der Waals surface area (Å²) in [6, 6.07) is 16.4. The molecule has 0 spiro atoms. The molecule has 2 saturated carbocycles. The minimum atomic E-state index is -0.609. The van der Waals surface area contributed by atoms with Crippen LogP contribution in [0.1, 0.15) is 113 Å². The summed E-state index contributed by atoms with van der Waals surface area (Å²) in [7, 11) is 0. The number of hydrogen-bond donors (Lipinski definition) is 2. The van der Waals surface area contributed by atoms with Crippen molar-refractivity contribution in [2.45, 2.75) is 116 Å². The van der Waals surface area contributed by atoms with Crippen molar-refractivity contribution in [2.24, 2.45) is 17.8 Å². The maximum atomic E-state index is 9.54. The Kier molecular flexibility index (Phi) is 11.5. The Morgan fingerprint density at radius 1 is 0.895 bits per heavy atom. The summed E-state index contributed by atoms with van der Waals surface area (Å²) in [5, 5.41) is 12.6. The normalized spacial score (nSPS) is 24.7. The van der Waals surface area contributed by atoms with E-state index in [1.807, 2.05) is 0 Å². The van der Waals surface area contributed by atoms with Gasteiger partial charge in [0.25, 0.3) is 0 Å². The maximum absolute atomic E-state index is 9.54. The van der Waals surface area contributed by atoms with Gasteiger partial charge in [-0.2, -0.15) is 0 Å². The predicted molar refractivity (Wildman–Crippen MR) is 163 cm³/mol. The molecule has 2 heteroatoms. The molecule has 2 fully saturated rings. The zero-order valence-corrected chi connectivity index (χ0v) is 24.3. The maximum Gasteiger partial charge on any atom is 0.123 e. The van der Waals surface area contributed by atoms with E-state index in [0.29, 0.717) is 0 Å². The van der Waals surface area contributed by atoms with E-state index in [9.17, 15) is 5.11 Å². The van der Waals surface area contributed by atoms with Gasteiger partial charge in [0, 0.05) is 0 Å². The van der Waals surface area contributed by atoms with Gasteiger partial charge in [-0.3, -0.25) is 5.32 Å². The number of hydrogen-bond acceptors (Lipinski definition) is 2. The van der Waals surface area contributed by atoms with Gasteiger partial charge in [0.2, 0.25) is 0 Å². The van der Waals surface area contributed by atoms with E-state index >= 15 is 0 Å².